The van der Waals surface area contributed by atoms with Gasteiger partial charge in [0.25, 0.3) is 0 Å². The van der Waals surface area contributed by atoms with Crippen LogP contribution >= 0.6 is 15.9 Å². The molecule has 0 unspecified atom stereocenters. The van der Waals surface area contributed by atoms with Gasteiger partial charge in [0.05, 0.1) is 17.9 Å². The Kier molecular flexibility index (Phi) is 3.43. The second kappa shape index (κ2) is 4.69. The zero-order chi connectivity index (χ0) is 12.6. The predicted octanol–water partition coefficient (Wildman–Crippen LogP) is 2.89. The number of rotatable bonds is 2. The lowest BCUT2D eigenvalue weighted by atomic mass is 10.1. The van der Waals surface area contributed by atoms with Crippen LogP contribution in [-0.4, -0.2) is 26.0 Å². The Morgan fingerprint density at radius 3 is 2.71 bits per heavy atom. The van der Waals surface area contributed by atoms with E-state index in [4.69, 9.17) is 0 Å². The maximum absolute atomic E-state index is 11.9. The number of amides is 1. The van der Waals surface area contributed by atoms with Gasteiger partial charge in [-0.2, -0.15) is 0 Å². The fourth-order valence-electron chi connectivity index (χ4n) is 2.13. The second-order valence-corrected chi connectivity index (χ2v) is 5.78. The summed E-state index contributed by atoms with van der Waals surface area (Å²) < 4.78 is 1.00. The van der Waals surface area contributed by atoms with E-state index in [1.165, 1.54) is 0 Å². The van der Waals surface area contributed by atoms with Gasteiger partial charge in [0.1, 0.15) is 0 Å². The van der Waals surface area contributed by atoms with Crippen molar-refractivity contribution in [1.29, 1.82) is 0 Å². The minimum atomic E-state index is 0.149. The van der Waals surface area contributed by atoms with Crippen molar-refractivity contribution in [1.82, 2.24) is 0 Å². The smallest absolute Gasteiger partial charge is 0.246 e. The third-order valence-electron chi connectivity index (χ3n) is 2.93. The number of nitrogens with zero attached hydrogens (tertiary/aromatic N) is 2. The molecule has 0 aliphatic carbocycles. The average Bonchev–Trinajstić information content (AvgIpc) is 2.24. The fraction of sp³-hybridized carbons (Fsp3) is 0.462. The zero-order valence-electron chi connectivity index (χ0n) is 10.4. The van der Waals surface area contributed by atoms with Crippen LogP contribution in [0.15, 0.2) is 22.7 Å². The molecule has 0 aromatic heterocycles. The highest BCUT2D eigenvalue weighted by molar-refractivity contribution is 9.10. The maximum Gasteiger partial charge on any atom is 0.246 e. The van der Waals surface area contributed by atoms with Crippen molar-refractivity contribution < 1.29 is 4.79 Å². The molecule has 1 heterocycles. The van der Waals surface area contributed by atoms with Gasteiger partial charge in [-0.05, 0) is 24.1 Å². The van der Waals surface area contributed by atoms with Crippen LogP contribution in [0.2, 0.25) is 0 Å². The first-order valence-corrected chi connectivity index (χ1v) is 6.59. The van der Waals surface area contributed by atoms with E-state index in [1.807, 2.05) is 19.2 Å². The minimum Gasteiger partial charge on any atom is -0.360 e. The third kappa shape index (κ3) is 2.46. The molecule has 0 fully saturated rings. The van der Waals surface area contributed by atoms with Crippen molar-refractivity contribution in [3.8, 4) is 0 Å². The molecule has 3 nitrogen and oxygen atoms in total. The van der Waals surface area contributed by atoms with Crippen molar-refractivity contribution in [3.63, 3.8) is 0 Å². The Bertz CT molecular complexity index is 445. The molecule has 1 aromatic rings. The molecule has 0 radical (unpaired) electrons. The first kappa shape index (κ1) is 12.4. The number of anilines is 2. The van der Waals surface area contributed by atoms with Gasteiger partial charge in [-0.15, -0.1) is 0 Å². The summed E-state index contributed by atoms with van der Waals surface area (Å²) in [6.07, 6.45) is 0. The van der Waals surface area contributed by atoms with Crippen LogP contribution in [0.25, 0.3) is 0 Å². The molecule has 4 heteroatoms. The molecule has 0 bridgehead atoms. The molecular formula is C13H17BrN2O. The second-order valence-electron chi connectivity index (χ2n) is 4.86. The maximum atomic E-state index is 11.9. The standard InChI is InChI=1S/C13H17BrN2O/c1-9(2)7-16-8-13(17)15(3)12-6-10(14)4-5-11(12)16/h4-6,9H,7-8H2,1-3H3. The molecular weight excluding hydrogens is 280 g/mol. The molecule has 1 aliphatic rings. The van der Waals surface area contributed by atoms with Gasteiger partial charge in [0, 0.05) is 18.1 Å². The van der Waals surface area contributed by atoms with Gasteiger partial charge in [0.2, 0.25) is 5.91 Å². The number of benzene rings is 1. The summed E-state index contributed by atoms with van der Waals surface area (Å²) >= 11 is 3.45. The Hall–Kier alpha value is -1.03. The van der Waals surface area contributed by atoms with Gasteiger partial charge < -0.3 is 9.80 Å². The van der Waals surface area contributed by atoms with Gasteiger partial charge in [-0.25, -0.2) is 0 Å². The molecule has 0 saturated heterocycles. The Labute approximate surface area is 111 Å². The van der Waals surface area contributed by atoms with Gasteiger partial charge >= 0.3 is 0 Å². The molecule has 1 aromatic carbocycles. The van der Waals surface area contributed by atoms with Gasteiger partial charge in [-0.1, -0.05) is 29.8 Å². The van der Waals surface area contributed by atoms with E-state index in [9.17, 15) is 4.79 Å². The van der Waals surface area contributed by atoms with Crippen molar-refractivity contribution in [2.45, 2.75) is 13.8 Å². The van der Waals surface area contributed by atoms with E-state index >= 15 is 0 Å². The first-order chi connectivity index (χ1) is 7.99. The highest BCUT2D eigenvalue weighted by Crippen LogP contribution is 2.35. The summed E-state index contributed by atoms with van der Waals surface area (Å²) in [5.74, 6) is 0.693. The summed E-state index contributed by atoms with van der Waals surface area (Å²) in [4.78, 5) is 15.8. The first-order valence-electron chi connectivity index (χ1n) is 5.80. The van der Waals surface area contributed by atoms with Crippen LogP contribution in [0.5, 0.6) is 0 Å². The topological polar surface area (TPSA) is 23.6 Å². The lowest BCUT2D eigenvalue weighted by molar-refractivity contribution is -0.117. The number of hydrogen-bond donors (Lipinski definition) is 0. The average molecular weight is 297 g/mol. The van der Waals surface area contributed by atoms with Crippen LogP contribution < -0.4 is 9.80 Å². The number of halogens is 1. The van der Waals surface area contributed by atoms with Crippen molar-refractivity contribution >= 4 is 33.2 Å². The minimum absolute atomic E-state index is 0.149. The van der Waals surface area contributed by atoms with Crippen LogP contribution in [-0.2, 0) is 4.79 Å². The van der Waals surface area contributed by atoms with E-state index in [1.54, 1.807) is 4.90 Å². The summed E-state index contributed by atoms with van der Waals surface area (Å²) in [7, 11) is 1.83. The molecule has 0 saturated carbocycles. The molecule has 92 valence electrons. The molecule has 1 amide bonds. The van der Waals surface area contributed by atoms with Crippen LogP contribution in [0, 0.1) is 5.92 Å². The molecule has 0 N–H and O–H groups in total. The SMILES string of the molecule is CC(C)CN1CC(=O)N(C)c2cc(Br)ccc21. The molecule has 1 aliphatic heterocycles. The normalized spacial score (nSPS) is 15.5. The molecule has 0 atom stereocenters. The number of likely N-dealkylation sites (N-methyl/N-ethyl adjacent to an activating group) is 1. The fourth-order valence-corrected chi connectivity index (χ4v) is 2.47. The zero-order valence-corrected chi connectivity index (χ0v) is 12.0. The molecule has 0 spiro atoms. The van der Waals surface area contributed by atoms with Crippen LogP contribution in [0.1, 0.15) is 13.8 Å². The lowest BCUT2D eigenvalue weighted by Gasteiger charge is -2.36. The number of carbonyl (C=O) groups excluding carboxylic acids is 1. The summed E-state index contributed by atoms with van der Waals surface area (Å²) in [5.41, 5.74) is 2.13. The quantitative estimate of drug-likeness (QED) is 0.838. The van der Waals surface area contributed by atoms with E-state index in [0.29, 0.717) is 12.5 Å². The van der Waals surface area contributed by atoms with E-state index in [-0.39, 0.29) is 5.91 Å². The Morgan fingerprint density at radius 1 is 1.35 bits per heavy atom. The number of carbonyl (C=O) groups is 1. The van der Waals surface area contributed by atoms with E-state index in [0.717, 1.165) is 22.4 Å². The van der Waals surface area contributed by atoms with Crippen molar-refractivity contribution in [3.05, 3.63) is 22.7 Å². The monoisotopic (exact) mass is 296 g/mol. The lowest BCUT2D eigenvalue weighted by Crippen LogP contribution is -2.45. The van der Waals surface area contributed by atoms with Gasteiger partial charge in [0.15, 0.2) is 0 Å². The Balaban J connectivity index is 2.42. The summed E-state index contributed by atoms with van der Waals surface area (Å²) in [6.45, 7) is 5.72. The highest BCUT2D eigenvalue weighted by atomic mass is 79.9. The summed E-state index contributed by atoms with van der Waals surface area (Å²) in [5, 5.41) is 0. The number of hydrogen-bond acceptors (Lipinski definition) is 2. The highest BCUT2D eigenvalue weighted by Gasteiger charge is 2.26. The van der Waals surface area contributed by atoms with E-state index in [2.05, 4.69) is 40.7 Å². The van der Waals surface area contributed by atoms with Crippen LogP contribution in [0.4, 0.5) is 11.4 Å². The number of fused-ring (bicyclic) bond motifs is 1. The third-order valence-corrected chi connectivity index (χ3v) is 3.42. The largest absolute Gasteiger partial charge is 0.360 e. The van der Waals surface area contributed by atoms with Crippen molar-refractivity contribution in [2.24, 2.45) is 5.92 Å². The predicted molar refractivity (Wildman–Crippen MR) is 74.6 cm³/mol. The Morgan fingerprint density at radius 2 is 2.06 bits per heavy atom. The van der Waals surface area contributed by atoms with Crippen LogP contribution in [0.3, 0.4) is 0 Å². The van der Waals surface area contributed by atoms with E-state index < -0.39 is 0 Å². The molecule has 17 heavy (non-hydrogen) atoms. The molecule has 2 rings (SSSR count). The van der Waals surface area contributed by atoms with Crippen molar-refractivity contribution in [2.75, 3.05) is 29.9 Å². The van der Waals surface area contributed by atoms with Gasteiger partial charge in [-0.3, -0.25) is 4.79 Å². The summed E-state index contributed by atoms with van der Waals surface area (Å²) in [6, 6.07) is 6.10.